The van der Waals surface area contributed by atoms with E-state index in [9.17, 15) is 76.2 Å². The van der Waals surface area contributed by atoms with Crippen molar-refractivity contribution in [2.24, 2.45) is 0 Å². The maximum atomic E-state index is 13.9. The number of aliphatic hydroxyl groups excluding tert-OH is 3. The molecule has 1 saturated carbocycles. The molecule has 3 fully saturated rings. The van der Waals surface area contributed by atoms with Gasteiger partial charge in [-0.15, -0.1) is 0 Å². The van der Waals surface area contributed by atoms with Crippen molar-refractivity contribution >= 4 is 94.6 Å². The molecule has 125 heavy (non-hydrogen) atoms. The number of hydrogen-bond acceptors (Lipinski definition) is 44. The summed E-state index contributed by atoms with van der Waals surface area (Å²) in [5, 5.41) is 26.3. The number of alkyl halides is 3. The van der Waals surface area contributed by atoms with Gasteiger partial charge in [0.2, 0.25) is 27.2 Å². The zero-order chi connectivity index (χ0) is 92.1. The van der Waals surface area contributed by atoms with Crippen LogP contribution in [-0.2, 0) is 210 Å². The summed E-state index contributed by atoms with van der Waals surface area (Å²) < 4.78 is 181. The summed E-state index contributed by atoms with van der Waals surface area (Å²) in [6.45, 7) is -1.25. The van der Waals surface area contributed by atoms with Gasteiger partial charge in [0.05, 0.1) is 87.1 Å². The van der Waals surface area contributed by atoms with E-state index in [-0.39, 0.29) is 143 Å². The first-order chi connectivity index (χ1) is 58.8. The van der Waals surface area contributed by atoms with Gasteiger partial charge in [0, 0.05) is 74.9 Å². The quantitative estimate of drug-likeness (QED) is 0.00449. The number of H-pyrrole nitrogens is 1. The van der Waals surface area contributed by atoms with Crippen molar-refractivity contribution in [3.05, 3.63) is 141 Å². The summed E-state index contributed by atoms with van der Waals surface area (Å²) in [6, 6.07) is 27.9. The van der Waals surface area contributed by atoms with Crippen LogP contribution in [0.1, 0.15) is 55.5 Å². The Labute approximate surface area is 768 Å². The molecule has 1 unspecified atom stereocenters. The van der Waals surface area contributed by atoms with Crippen LogP contribution in [0.5, 0.6) is 0 Å². The molecule has 1 spiro atoms. The third kappa shape index (κ3) is 59.2. The molecule has 3 aliphatic rings. The Balaban J connectivity index is -0.00000143. The number of halogens is 3. The van der Waals surface area contributed by atoms with Crippen LogP contribution in [0.15, 0.2) is 113 Å². The van der Waals surface area contributed by atoms with Gasteiger partial charge in [-0.1, -0.05) is 103 Å². The van der Waals surface area contributed by atoms with Crippen LogP contribution in [0, 0.1) is 0 Å². The van der Waals surface area contributed by atoms with E-state index >= 15 is 0 Å². The second kappa shape index (κ2) is 74.9. The number of aliphatic hydroxyl groups is 3. The molecule has 2 saturated heterocycles. The molecule has 724 valence electrons. The number of nitrogens with one attached hydrogen (secondary N) is 1. The number of carbonyl (C=O) groups excluding carboxylic acids is 6. The van der Waals surface area contributed by atoms with Gasteiger partial charge in [-0.05, 0) is 59.0 Å². The van der Waals surface area contributed by atoms with Crippen molar-refractivity contribution in [1.82, 2.24) is 9.55 Å². The average Bonchev–Trinajstić information content (AvgIpc) is 1.53. The van der Waals surface area contributed by atoms with Gasteiger partial charge in [0.1, 0.15) is 62.6 Å². The maximum Gasteiger partial charge on any atom is 1.00 e. The first-order valence-electron chi connectivity index (χ1n) is 35.8. The fraction of sp³-hybridized carbons (Fsp3) is 0.600. The molecular formula is C70H106Ag2ClFIN2O45P3. The number of aromatic nitrogens is 2. The Morgan fingerprint density at radius 3 is 1.18 bits per heavy atom. The molecular weight excluding hydrogens is 2080 g/mol. The first-order valence-corrected chi connectivity index (χ1v) is 42.3. The van der Waals surface area contributed by atoms with Crippen molar-refractivity contribution < 1.29 is 253 Å². The molecule has 47 nitrogen and oxygen atoms in total. The van der Waals surface area contributed by atoms with E-state index in [1.807, 2.05) is 52.9 Å². The minimum atomic E-state index is -4.83. The van der Waals surface area contributed by atoms with Crippen LogP contribution >= 0.6 is 57.7 Å². The molecule has 0 amide bonds. The summed E-state index contributed by atoms with van der Waals surface area (Å²) in [6.07, 6.45) is -3.26. The fourth-order valence-electron chi connectivity index (χ4n) is 8.79. The van der Waals surface area contributed by atoms with Crippen molar-refractivity contribution in [3.63, 3.8) is 0 Å². The molecule has 2 aliphatic heterocycles. The summed E-state index contributed by atoms with van der Waals surface area (Å²) >= 11 is 6.96. The zero-order valence-corrected chi connectivity index (χ0v) is 77.6. The van der Waals surface area contributed by atoms with Gasteiger partial charge in [-0.3, -0.25) is 18.9 Å². The summed E-state index contributed by atoms with van der Waals surface area (Å²) in [7, 11) is -3.40. The summed E-state index contributed by atoms with van der Waals surface area (Å²) in [5.41, 5.74) is -1.75. The van der Waals surface area contributed by atoms with E-state index < -0.39 is 141 Å². The molecule has 7 rings (SSSR count). The normalized spacial score (nSPS) is 15.9. The number of methoxy groups -OCH3 is 7. The molecule has 0 bridgehead atoms. The van der Waals surface area contributed by atoms with E-state index in [2.05, 4.69) is 99.1 Å². The standard InChI is InChI=1S/C17H25O12P.C16H21FN2O6.C10H19O12P.C7H9O4P.C7H8O.C5H9ClO4.C5H9IO4.C3H8O2.2Ag/c1-21-8-10-23-16(18)25-13-28-30(20,27-12-15-6-4-3-5-7-15)29-14-26-17(19)24-11-9-22-2;1-14-11(23-16(25-14)5-2-3-6-16)15(8-17,9-20)24-12(14)19-7-4-10(21)18-13(19)22;1-15-3-5-17-9(11)19-7-21-23(13,14)22-8-20-10(12)18-6-4-16-2;8-12(9,10)11-6-7-4-2-1-3-5-7;8-6-7-4-2-1-3-5-7;2*1-8-2-3-9-5(7)10-4-6;1-5-3-2-4;;/h3-7H,8-14H2,1-2H3;4,7,11-12,20H,2-3,5-6,8-9H2,1H3,(H,18,21,22);3-8H2,1-2H3,(H,13,14);1-5H,6H2,(H2,8,9,10);1-5,8H,6H2;2*2-4H2,1H3;4H,2-3H2,1H3;;/q;;;;;;;;2*+1/p-2/t;11-,12?,14+,15+;;;;;;;;/m.0......../s1. The monoisotopic (exact) mass is 2180 g/mol. The number of benzene rings is 3. The van der Waals surface area contributed by atoms with Gasteiger partial charge >= 0.3 is 103 Å². The van der Waals surface area contributed by atoms with E-state index in [0.29, 0.717) is 48.4 Å². The van der Waals surface area contributed by atoms with Gasteiger partial charge in [-0.25, -0.2) is 65.2 Å². The van der Waals surface area contributed by atoms with Crippen LogP contribution in [0.3, 0.4) is 0 Å². The molecule has 4 atom stereocenters. The van der Waals surface area contributed by atoms with E-state index in [4.69, 9.17) is 59.1 Å². The summed E-state index contributed by atoms with van der Waals surface area (Å²) in [5.74, 6) is -0.844. The zero-order valence-electron chi connectivity index (χ0n) is 69.0. The predicted molar refractivity (Wildman–Crippen MR) is 421 cm³/mol. The average molecular weight is 2190 g/mol. The molecule has 3 aromatic carbocycles. The number of carbonyl (C=O) groups is 6. The number of ether oxygens (including phenoxy) is 22. The fourth-order valence-corrected chi connectivity index (χ4v) is 10.8. The Hall–Kier alpha value is -5.80. The summed E-state index contributed by atoms with van der Waals surface area (Å²) in [4.78, 5) is 120. The molecule has 4 aromatic rings. The van der Waals surface area contributed by atoms with Gasteiger partial charge < -0.3 is 143 Å². The molecule has 1 aliphatic carbocycles. The Morgan fingerprint density at radius 2 is 0.872 bits per heavy atom. The van der Waals surface area contributed by atoms with Crippen LogP contribution in [0.25, 0.3) is 0 Å². The number of rotatable bonds is 44. The van der Waals surface area contributed by atoms with Crippen LogP contribution in [0.2, 0.25) is 0 Å². The van der Waals surface area contributed by atoms with Crippen molar-refractivity contribution in [1.29, 1.82) is 0 Å². The number of fused-ring (bicyclic) bond motifs is 1. The van der Waals surface area contributed by atoms with Crippen molar-refractivity contribution in [2.45, 2.75) is 81.7 Å². The van der Waals surface area contributed by atoms with Crippen LogP contribution in [0.4, 0.5) is 33.2 Å². The van der Waals surface area contributed by atoms with Crippen LogP contribution < -0.4 is 21.0 Å². The maximum absolute atomic E-state index is 13.9. The first kappa shape index (κ1) is 123. The molecule has 1 aromatic heterocycles. The minimum Gasteiger partial charge on any atom is -0.790 e. The molecule has 3 heterocycles. The largest absolute Gasteiger partial charge is 1.00 e. The van der Waals surface area contributed by atoms with Gasteiger partial charge in [-0.2, -0.15) is 0 Å². The van der Waals surface area contributed by atoms with E-state index in [1.165, 1.54) is 54.9 Å². The van der Waals surface area contributed by atoms with Crippen LogP contribution in [-0.4, -0.2) is 283 Å². The topological polar surface area (TPSA) is 594 Å². The van der Waals surface area contributed by atoms with Gasteiger partial charge in [0.15, 0.2) is 23.7 Å². The number of nitrogens with zero attached hydrogens (tertiary/aromatic N) is 1. The Bertz CT molecular complexity index is 3640. The van der Waals surface area contributed by atoms with E-state index in [1.54, 1.807) is 74.7 Å². The predicted octanol–water partition coefficient (Wildman–Crippen LogP) is 6.70. The van der Waals surface area contributed by atoms with Crippen molar-refractivity contribution in [2.75, 3.05) is 193 Å². The number of hydrogen-bond donors (Lipinski definition) is 5. The molecule has 0 radical (unpaired) electrons. The van der Waals surface area contributed by atoms with Gasteiger partial charge in [0.25, 0.3) is 5.56 Å². The number of aromatic amines is 1. The molecule has 55 heteroatoms. The third-order valence-corrected chi connectivity index (χ3v) is 17.3. The number of phosphoric acid groups is 3. The van der Waals surface area contributed by atoms with E-state index in [0.717, 1.165) is 23.0 Å². The Morgan fingerprint density at radius 1 is 0.512 bits per heavy atom. The second-order valence-electron chi connectivity index (χ2n) is 23.1. The van der Waals surface area contributed by atoms with Crippen molar-refractivity contribution in [3.8, 4) is 0 Å². The third-order valence-electron chi connectivity index (χ3n) is 14.3. The number of phosphoric ester groups is 3. The molecule has 5 N–H and O–H groups in total. The SMILES string of the molecule is COCCO.COCCOC(=O)OCCl.COCCOC(=O)OCI.COCCOC(=O)OCOP(=O)(O)OCOC(=O)OCCOC.COCCOC(=O)OCOP(=O)(OCOC(=O)OCCOC)OCc1ccccc1.C[C@@]12OC3(CCCC3)O[C@@H]1[C@](CO)(CF)OC2n1ccc(=O)[nH]c1=O.O=P([O-])([O-])OCc1ccccc1.OCc1ccccc1.[Ag+].[Ag+]. The Kier molecular flexibility index (Phi) is 73.9. The second-order valence-corrected chi connectivity index (χ2v) is 28.2. The minimum absolute atomic E-state index is 0. The smallest absolute Gasteiger partial charge is 0.790 e.